The van der Waals surface area contributed by atoms with Gasteiger partial charge in [0.25, 0.3) is 0 Å². The van der Waals surface area contributed by atoms with Crippen LogP contribution in [0, 0.1) is 6.92 Å². The van der Waals surface area contributed by atoms with Crippen LogP contribution in [-0.4, -0.2) is 35.9 Å². The van der Waals surface area contributed by atoms with Crippen LogP contribution in [0.1, 0.15) is 12.2 Å². The maximum absolute atomic E-state index is 9.10. The smallest absolute Gasteiger partial charge is 0.217 e. The van der Waals surface area contributed by atoms with Crippen molar-refractivity contribution in [2.45, 2.75) is 19.9 Å². The van der Waals surface area contributed by atoms with Gasteiger partial charge in [0, 0.05) is 30.9 Å². The van der Waals surface area contributed by atoms with E-state index in [9.17, 15) is 0 Å². The van der Waals surface area contributed by atoms with Gasteiger partial charge in [-0.1, -0.05) is 0 Å². The molecule has 0 saturated heterocycles. The van der Waals surface area contributed by atoms with Crippen molar-refractivity contribution in [2.75, 3.05) is 6.61 Å². The Balaban J connectivity index is 1.79. The lowest BCUT2D eigenvalue weighted by Gasteiger charge is -2.01. The normalized spacial score (nSPS) is 11.6. The molecule has 4 rings (SSSR count). The first-order chi connectivity index (χ1) is 11.2. The van der Waals surface area contributed by atoms with Crippen LogP contribution in [-0.2, 0) is 6.54 Å². The lowest BCUT2D eigenvalue weighted by atomic mass is 10.4. The van der Waals surface area contributed by atoms with Crippen molar-refractivity contribution in [3.05, 3.63) is 35.7 Å². The highest BCUT2D eigenvalue weighted by molar-refractivity contribution is 7.15. The topological polar surface area (TPSA) is 81.4 Å². The van der Waals surface area contributed by atoms with E-state index in [-0.39, 0.29) is 6.61 Å². The molecule has 23 heavy (non-hydrogen) atoms. The maximum atomic E-state index is 9.10. The summed E-state index contributed by atoms with van der Waals surface area (Å²) in [5.74, 6) is 2.66. The van der Waals surface area contributed by atoms with E-state index < -0.39 is 0 Å². The van der Waals surface area contributed by atoms with Crippen molar-refractivity contribution in [2.24, 2.45) is 0 Å². The minimum Gasteiger partial charge on any atom is -0.458 e. The van der Waals surface area contributed by atoms with Gasteiger partial charge in [-0.15, -0.1) is 16.4 Å². The van der Waals surface area contributed by atoms with Crippen molar-refractivity contribution in [1.82, 2.24) is 24.1 Å². The van der Waals surface area contributed by atoms with Crippen LogP contribution in [0.3, 0.4) is 0 Å². The number of aromatic nitrogens is 5. The maximum Gasteiger partial charge on any atom is 0.217 e. The average Bonchev–Trinajstić information content (AvgIpc) is 3.26. The molecule has 1 N–H and O–H groups in total. The highest BCUT2D eigenvalue weighted by Crippen LogP contribution is 2.25. The molecule has 118 valence electrons. The van der Waals surface area contributed by atoms with Gasteiger partial charge in [-0.25, -0.2) is 14.6 Å². The summed E-state index contributed by atoms with van der Waals surface area (Å²) in [6, 6.07) is 3.74. The number of thiazole rings is 1. The zero-order valence-corrected chi connectivity index (χ0v) is 13.3. The fourth-order valence-corrected chi connectivity index (χ4v) is 3.10. The van der Waals surface area contributed by atoms with Crippen LogP contribution in [0.5, 0.6) is 0 Å². The molecule has 4 aromatic heterocycles. The van der Waals surface area contributed by atoms with Gasteiger partial charge in [-0.05, 0) is 25.5 Å². The average molecular weight is 329 g/mol. The summed E-state index contributed by atoms with van der Waals surface area (Å²) in [6.07, 6.45) is 4.50. The summed E-state index contributed by atoms with van der Waals surface area (Å²) < 4.78 is 9.34. The third-order valence-corrected chi connectivity index (χ3v) is 4.25. The number of hydrogen-bond acceptors (Lipinski definition) is 6. The van der Waals surface area contributed by atoms with Crippen molar-refractivity contribution in [1.29, 1.82) is 0 Å². The van der Waals surface area contributed by atoms with E-state index in [1.165, 1.54) is 0 Å². The zero-order valence-electron chi connectivity index (χ0n) is 12.5. The summed E-state index contributed by atoms with van der Waals surface area (Å²) >= 11 is 1.57. The molecule has 4 heterocycles. The van der Waals surface area contributed by atoms with Crippen LogP contribution >= 0.6 is 11.3 Å². The Morgan fingerprint density at radius 2 is 2.22 bits per heavy atom. The molecule has 0 atom stereocenters. The van der Waals surface area contributed by atoms with Crippen molar-refractivity contribution in [3.63, 3.8) is 0 Å². The largest absolute Gasteiger partial charge is 0.458 e. The SMILES string of the molecule is Cc1ccc(-c2nc(-c3cn4ccsc4n3)n(CCCO)n2)o1. The van der Waals surface area contributed by atoms with Crippen LogP contribution in [0.4, 0.5) is 0 Å². The van der Waals surface area contributed by atoms with Gasteiger partial charge in [0.2, 0.25) is 5.82 Å². The Morgan fingerprint density at radius 1 is 1.30 bits per heavy atom. The van der Waals surface area contributed by atoms with Gasteiger partial charge < -0.3 is 9.52 Å². The van der Waals surface area contributed by atoms with Gasteiger partial charge in [0.05, 0.1) is 0 Å². The number of imidazole rings is 1. The molecule has 0 bridgehead atoms. The Morgan fingerprint density at radius 3 is 2.96 bits per heavy atom. The van der Waals surface area contributed by atoms with E-state index in [1.54, 1.807) is 16.0 Å². The predicted molar refractivity (Wildman–Crippen MR) is 86.2 cm³/mol. The first-order valence-electron chi connectivity index (χ1n) is 7.29. The summed E-state index contributed by atoms with van der Waals surface area (Å²) in [7, 11) is 0. The molecule has 0 amide bonds. The molecule has 0 aromatic carbocycles. The van der Waals surface area contributed by atoms with E-state index in [4.69, 9.17) is 9.52 Å². The number of furan rings is 1. The van der Waals surface area contributed by atoms with E-state index in [0.717, 1.165) is 16.4 Å². The molecule has 7 nitrogen and oxygen atoms in total. The number of aliphatic hydroxyl groups excluding tert-OH is 1. The molecule has 0 spiro atoms. The number of aliphatic hydroxyl groups is 1. The molecule has 0 aliphatic heterocycles. The molecule has 0 aliphatic carbocycles. The monoisotopic (exact) mass is 329 g/mol. The molecule has 0 radical (unpaired) electrons. The van der Waals surface area contributed by atoms with E-state index >= 15 is 0 Å². The number of aryl methyl sites for hydroxylation is 2. The molecule has 0 saturated carbocycles. The molecular weight excluding hydrogens is 314 g/mol. The Kier molecular flexibility index (Phi) is 3.47. The quantitative estimate of drug-likeness (QED) is 0.608. The Hall–Kier alpha value is -2.45. The highest BCUT2D eigenvalue weighted by atomic mass is 32.1. The third kappa shape index (κ3) is 2.55. The molecule has 0 aliphatic rings. The summed E-state index contributed by atoms with van der Waals surface area (Å²) in [6.45, 7) is 2.56. The molecule has 8 heteroatoms. The van der Waals surface area contributed by atoms with Gasteiger partial charge in [0.15, 0.2) is 16.5 Å². The van der Waals surface area contributed by atoms with Gasteiger partial charge in [-0.3, -0.25) is 4.40 Å². The lowest BCUT2D eigenvalue weighted by molar-refractivity contribution is 0.277. The van der Waals surface area contributed by atoms with Crippen molar-refractivity contribution in [3.8, 4) is 23.1 Å². The second kappa shape index (κ2) is 5.64. The van der Waals surface area contributed by atoms with Crippen LogP contribution in [0.25, 0.3) is 28.1 Å². The van der Waals surface area contributed by atoms with Crippen LogP contribution in [0.2, 0.25) is 0 Å². The summed E-state index contributed by atoms with van der Waals surface area (Å²) in [5.41, 5.74) is 0.761. The minimum atomic E-state index is 0.104. The number of rotatable bonds is 5. The number of nitrogens with zero attached hydrogens (tertiary/aromatic N) is 5. The van der Waals surface area contributed by atoms with E-state index in [0.29, 0.717) is 30.4 Å². The predicted octanol–water partition coefficient (Wildman–Crippen LogP) is 2.61. The number of fused-ring (bicyclic) bond motifs is 1. The number of hydrogen-bond donors (Lipinski definition) is 1. The summed E-state index contributed by atoms with van der Waals surface area (Å²) in [5, 5.41) is 15.6. The Bertz CT molecular complexity index is 920. The van der Waals surface area contributed by atoms with Gasteiger partial charge in [0.1, 0.15) is 11.5 Å². The lowest BCUT2D eigenvalue weighted by Crippen LogP contribution is -2.04. The van der Waals surface area contributed by atoms with Crippen LogP contribution in [0.15, 0.2) is 34.3 Å². The second-order valence-electron chi connectivity index (χ2n) is 5.19. The first-order valence-corrected chi connectivity index (χ1v) is 8.17. The van der Waals surface area contributed by atoms with Crippen molar-refractivity contribution >= 4 is 16.3 Å². The fraction of sp³-hybridized carbons (Fsp3) is 0.267. The molecule has 4 aromatic rings. The minimum absolute atomic E-state index is 0.104. The fourth-order valence-electron chi connectivity index (χ4n) is 2.40. The molecular formula is C15H15N5O2S. The van der Waals surface area contributed by atoms with Crippen molar-refractivity contribution < 1.29 is 9.52 Å². The zero-order chi connectivity index (χ0) is 15.8. The Labute approximate surface area is 135 Å². The summed E-state index contributed by atoms with van der Waals surface area (Å²) in [4.78, 5) is 10.1. The van der Waals surface area contributed by atoms with Crippen LogP contribution < -0.4 is 0 Å². The second-order valence-corrected chi connectivity index (χ2v) is 6.06. The standard InChI is InChI=1S/C15H15N5O2S/c1-10-3-4-12(22-10)13-17-14(20(18-13)5-2-7-21)11-9-19-6-8-23-15(19)16-11/h3-4,6,8-9,21H,2,5,7H2,1H3. The van der Waals surface area contributed by atoms with Gasteiger partial charge >= 0.3 is 0 Å². The molecule has 0 unspecified atom stereocenters. The van der Waals surface area contributed by atoms with Gasteiger partial charge in [-0.2, -0.15) is 0 Å². The highest BCUT2D eigenvalue weighted by Gasteiger charge is 2.18. The third-order valence-electron chi connectivity index (χ3n) is 3.48. The first kappa shape index (κ1) is 14.2. The van der Waals surface area contributed by atoms with E-state index in [1.807, 2.05) is 41.2 Å². The molecule has 0 fully saturated rings. The van der Waals surface area contributed by atoms with E-state index in [2.05, 4.69) is 15.1 Å².